The van der Waals surface area contributed by atoms with Gasteiger partial charge in [0, 0.05) is 17.9 Å². The molecule has 1 atom stereocenters. The fourth-order valence-corrected chi connectivity index (χ4v) is 5.02. The highest BCUT2D eigenvalue weighted by atomic mass is 79.9. The molecule has 0 aliphatic carbocycles. The van der Waals surface area contributed by atoms with E-state index in [1.165, 1.54) is 21.0 Å². The van der Waals surface area contributed by atoms with E-state index in [4.69, 9.17) is 42.2 Å². The average Bonchev–Trinajstić information content (AvgIpc) is 3.16. The molecule has 0 N–H and O–H groups in total. The quantitative estimate of drug-likeness (QED) is 0.106. The Morgan fingerprint density at radius 1 is 1.06 bits per heavy atom. The lowest BCUT2D eigenvalue weighted by Crippen LogP contribution is -2.35. The van der Waals surface area contributed by atoms with Crippen molar-refractivity contribution >= 4 is 117 Å². The van der Waals surface area contributed by atoms with E-state index in [2.05, 4.69) is 47.8 Å². The van der Waals surface area contributed by atoms with Gasteiger partial charge in [-0.05, 0) is 63.3 Å². The first-order valence-corrected chi connectivity index (χ1v) is 12.1. The molecule has 0 fully saturated rings. The van der Waals surface area contributed by atoms with Crippen LogP contribution in [0.2, 0.25) is 0 Å². The van der Waals surface area contributed by atoms with Crippen LogP contribution in [0.3, 0.4) is 0 Å². The molecule has 1 aromatic heterocycles. The van der Waals surface area contributed by atoms with Gasteiger partial charge in [0.1, 0.15) is 52.7 Å². The maximum atomic E-state index is 13.6. The second kappa shape index (κ2) is 11.8. The molecule has 12 heteroatoms. The van der Waals surface area contributed by atoms with Crippen molar-refractivity contribution in [2.24, 2.45) is 0 Å². The van der Waals surface area contributed by atoms with Crippen LogP contribution in [0.15, 0.2) is 25.5 Å². The molecule has 34 heavy (non-hydrogen) atoms. The highest BCUT2D eigenvalue weighted by Gasteiger charge is 2.29. The second-order valence-corrected chi connectivity index (χ2v) is 9.95. The fraction of sp³-hybridized carbons (Fsp3) is 0.227. The van der Waals surface area contributed by atoms with Gasteiger partial charge < -0.3 is 18.7 Å². The van der Waals surface area contributed by atoms with Gasteiger partial charge in [-0.1, -0.05) is 26.9 Å². The predicted octanol–water partition coefficient (Wildman–Crippen LogP) is 3.17. The summed E-state index contributed by atoms with van der Waals surface area (Å²) in [6, 6.07) is 3.26. The number of benzene rings is 2. The van der Waals surface area contributed by atoms with Gasteiger partial charge in [0.2, 0.25) is 0 Å². The van der Waals surface area contributed by atoms with Gasteiger partial charge in [-0.2, -0.15) is 0 Å². The molecule has 170 valence electrons. The van der Waals surface area contributed by atoms with Gasteiger partial charge in [0.05, 0.1) is 26.4 Å². The van der Waals surface area contributed by atoms with Crippen LogP contribution in [0, 0.1) is 0 Å². The summed E-state index contributed by atoms with van der Waals surface area (Å²) in [6.07, 6.45) is 0.750. The van der Waals surface area contributed by atoms with Crippen molar-refractivity contribution in [1.29, 1.82) is 0 Å². The number of ether oxygens (including phenoxy) is 2. The summed E-state index contributed by atoms with van der Waals surface area (Å²) in [5.74, 6) is -0.242. The Kier molecular flexibility index (Phi) is 9.85. The normalized spacial score (nSPS) is 11.4. The maximum Gasteiger partial charge on any atom is 0.307 e. The van der Waals surface area contributed by atoms with Crippen LogP contribution >= 0.6 is 47.8 Å². The number of carbonyl (C=O) groups is 3. The lowest BCUT2D eigenvalue weighted by atomic mass is 9.72. The standard InChI is InChI=1S/C20H12B3Br3O5.C2H4O/c1-6(24)17-12(16(28)8-4-9(25)18(29-3)10(26)5-8)11-13(21)14(22)20(30-7(2)27)15(23)19(11)31-17;1-2-3/h4-6H,1-3H3;2H,1H3. The van der Waals surface area contributed by atoms with Crippen LogP contribution in [0.25, 0.3) is 11.0 Å². The monoisotopic (exact) mass is 646 g/mol. The first-order chi connectivity index (χ1) is 15.9. The number of rotatable bonds is 5. The van der Waals surface area contributed by atoms with Crippen LogP contribution in [0.4, 0.5) is 0 Å². The van der Waals surface area contributed by atoms with Gasteiger partial charge in [-0.3, -0.25) is 9.59 Å². The summed E-state index contributed by atoms with van der Waals surface area (Å²) >= 11 is 10.3. The molecule has 0 saturated heterocycles. The maximum absolute atomic E-state index is 13.6. The topological polar surface area (TPSA) is 82.8 Å². The SMILES string of the molecule is CC=O.[B]c1c(OC(C)=O)c([B])c2oc(C(C)Br)c(C(=O)c3cc(Br)c(OC)c(Br)c3)c2c1[B]. The minimum absolute atomic E-state index is 0.0255. The largest absolute Gasteiger partial charge is 0.494 e. The molecule has 3 aromatic rings. The molecule has 6 nitrogen and oxygen atoms in total. The van der Waals surface area contributed by atoms with E-state index in [1.54, 1.807) is 19.1 Å². The number of esters is 1. The summed E-state index contributed by atoms with van der Waals surface area (Å²) in [4.78, 5) is 33.5. The Morgan fingerprint density at radius 3 is 2.03 bits per heavy atom. The summed E-state index contributed by atoms with van der Waals surface area (Å²) in [5.41, 5.74) is 0.604. The molecule has 1 heterocycles. The third-order valence-corrected chi connectivity index (χ3v) is 6.12. The summed E-state index contributed by atoms with van der Waals surface area (Å²) in [7, 11) is 20.1. The van der Waals surface area contributed by atoms with E-state index in [-0.39, 0.29) is 49.3 Å². The Labute approximate surface area is 226 Å². The molecular weight excluding hydrogens is 632 g/mol. The van der Waals surface area contributed by atoms with Crippen molar-refractivity contribution in [3.8, 4) is 11.5 Å². The van der Waals surface area contributed by atoms with E-state index < -0.39 is 5.97 Å². The predicted molar refractivity (Wildman–Crippen MR) is 145 cm³/mol. The van der Waals surface area contributed by atoms with Gasteiger partial charge in [-0.25, -0.2) is 0 Å². The molecule has 3 rings (SSSR count). The third kappa shape index (κ3) is 5.55. The fourth-order valence-electron chi connectivity index (χ4n) is 3.19. The van der Waals surface area contributed by atoms with E-state index in [0.29, 0.717) is 26.0 Å². The van der Waals surface area contributed by atoms with Crippen LogP contribution in [-0.4, -0.2) is 48.7 Å². The molecule has 0 amide bonds. The highest BCUT2D eigenvalue weighted by Crippen LogP contribution is 2.38. The van der Waals surface area contributed by atoms with Crippen LogP contribution in [0.1, 0.15) is 47.3 Å². The Morgan fingerprint density at radius 2 is 1.59 bits per heavy atom. The third-order valence-electron chi connectivity index (χ3n) is 4.53. The molecule has 0 spiro atoms. The zero-order valence-corrected chi connectivity index (χ0v) is 23.4. The van der Waals surface area contributed by atoms with Crippen molar-refractivity contribution < 1.29 is 28.3 Å². The van der Waals surface area contributed by atoms with Crippen LogP contribution < -0.4 is 25.9 Å². The highest BCUT2D eigenvalue weighted by molar-refractivity contribution is 9.11. The van der Waals surface area contributed by atoms with Crippen LogP contribution in [0.5, 0.6) is 11.5 Å². The molecular formula is C22H16B3Br3O6. The lowest BCUT2D eigenvalue weighted by molar-refractivity contribution is -0.131. The first kappa shape index (κ1) is 28.5. The number of carbonyl (C=O) groups excluding carboxylic acids is 3. The molecule has 6 radical (unpaired) electrons. The first-order valence-electron chi connectivity index (χ1n) is 9.63. The lowest BCUT2D eigenvalue weighted by Gasteiger charge is -2.15. The summed E-state index contributed by atoms with van der Waals surface area (Å²) < 4.78 is 17.5. The van der Waals surface area contributed by atoms with E-state index in [0.717, 1.165) is 6.29 Å². The molecule has 0 aliphatic heterocycles. The summed E-state index contributed by atoms with van der Waals surface area (Å²) in [6.45, 7) is 4.44. The number of halogens is 3. The summed E-state index contributed by atoms with van der Waals surface area (Å²) in [5, 5.41) is 0.250. The number of furan rings is 1. The van der Waals surface area contributed by atoms with Gasteiger partial charge >= 0.3 is 5.97 Å². The van der Waals surface area contributed by atoms with E-state index >= 15 is 0 Å². The molecule has 1 unspecified atom stereocenters. The number of fused-ring (bicyclic) bond motifs is 1. The number of alkyl halides is 1. The van der Waals surface area contributed by atoms with Crippen molar-refractivity contribution in [2.45, 2.75) is 25.6 Å². The smallest absolute Gasteiger partial charge is 0.307 e. The molecule has 0 aliphatic rings. The molecule has 0 bridgehead atoms. The Balaban J connectivity index is 0.00000129. The van der Waals surface area contributed by atoms with Crippen molar-refractivity contribution in [3.05, 3.63) is 38.0 Å². The van der Waals surface area contributed by atoms with Crippen molar-refractivity contribution in [2.75, 3.05) is 7.11 Å². The van der Waals surface area contributed by atoms with Crippen molar-refractivity contribution in [3.63, 3.8) is 0 Å². The number of hydrogen-bond donors (Lipinski definition) is 0. The van der Waals surface area contributed by atoms with E-state index in [1.807, 2.05) is 0 Å². The number of ketones is 1. The minimum atomic E-state index is -0.623. The second-order valence-electron chi connectivity index (χ2n) is 6.86. The number of methoxy groups -OCH3 is 1. The van der Waals surface area contributed by atoms with Gasteiger partial charge in [-0.15, -0.1) is 0 Å². The minimum Gasteiger partial charge on any atom is -0.494 e. The average molecular weight is 649 g/mol. The van der Waals surface area contributed by atoms with Gasteiger partial charge in [0.15, 0.2) is 5.78 Å². The Bertz CT molecular complexity index is 1260. The number of aldehydes is 1. The zero-order valence-electron chi connectivity index (χ0n) is 18.6. The van der Waals surface area contributed by atoms with E-state index in [9.17, 15) is 9.59 Å². The zero-order chi connectivity index (χ0) is 25.9. The Hall–Kier alpha value is -1.78. The number of hydrogen-bond acceptors (Lipinski definition) is 6. The van der Waals surface area contributed by atoms with Crippen LogP contribution in [-0.2, 0) is 9.59 Å². The molecule has 2 aromatic carbocycles. The van der Waals surface area contributed by atoms with Gasteiger partial charge in [0.25, 0.3) is 0 Å². The van der Waals surface area contributed by atoms with Crippen molar-refractivity contribution in [1.82, 2.24) is 0 Å². The molecule has 0 saturated carbocycles.